The molecule has 0 saturated heterocycles. The number of nitrogen functional groups attached to an aromatic ring is 1. The van der Waals surface area contributed by atoms with Gasteiger partial charge < -0.3 is 25.4 Å². The second-order valence-electron chi connectivity index (χ2n) is 11.6. The van der Waals surface area contributed by atoms with Crippen LogP contribution in [0.2, 0.25) is 15.1 Å². The van der Waals surface area contributed by atoms with Gasteiger partial charge in [-0.05, 0) is 55.5 Å². The van der Waals surface area contributed by atoms with Gasteiger partial charge in [-0.15, -0.1) is 0 Å². The fourth-order valence-corrected chi connectivity index (χ4v) is 6.72. The Labute approximate surface area is 360 Å². The molecule has 0 unspecified atom stereocenters. The highest BCUT2D eigenvalue weighted by atomic mass is 35.5. The molecule has 0 aliphatic carbocycles. The first kappa shape index (κ1) is 47.6. The normalized spacial score (nSPS) is 11.0. The van der Waals surface area contributed by atoms with Crippen LogP contribution in [0.1, 0.15) is 21.7 Å². The zero-order valence-corrected chi connectivity index (χ0v) is 34.2. The number of nitrogens with zero attached hydrogens (tertiary/aromatic N) is 7. The van der Waals surface area contributed by atoms with Crippen molar-refractivity contribution in [1.82, 2.24) is 34.4 Å². The van der Waals surface area contributed by atoms with Gasteiger partial charge in [0.15, 0.2) is 6.61 Å². The van der Waals surface area contributed by atoms with Crippen LogP contribution in [0.25, 0.3) is 16.6 Å². The van der Waals surface area contributed by atoms with Gasteiger partial charge in [-0.1, -0.05) is 46.9 Å². The van der Waals surface area contributed by atoms with Crippen LogP contribution in [0.5, 0.6) is 11.8 Å². The Kier molecular flexibility index (Phi) is 15.3. The average Bonchev–Trinajstić information content (AvgIpc) is 3.57. The number of anilines is 2. The molecule has 0 atom stereocenters. The number of aryl methyl sites for hydroxylation is 1. The fourth-order valence-electron chi connectivity index (χ4n) is 4.75. The first-order valence-electron chi connectivity index (χ1n) is 16.4. The van der Waals surface area contributed by atoms with Crippen LogP contribution in [0, 0.1) is 17.0 Å². The molecule has 28 heteroatoms. The van der Waals surface area contributed by atoms with Crippen molar-refractivity contribution in [2.24, 2.45) is 0 Å². The number of benzene rings is 3. The van der Waals surface area contributed by atoms with E-state index >= 15 is 0 Å². The molecule has 0 bridgehead atoms. The van der Waals surface area contributed by atoms with Gasteiger partial charge in [0.1, 0.15) is 33.9 Å². The van der Waals surface area contributed by atoms with Gasteiger partial charge in [0.2, 0.25) is 11.8 Å². The SMILES string of the molecule is COc1nc(C)nc(NC(=O)NS(=O)(=O)c2ccccc2C(=O)O)n1.Nc1c([N+](=O)[O-])cnn1-c1c(Cl)cc(C(F)(F)F)cc1Cl.O=C(O)COc1ccc(Cl)c2cccnc12. The summed E-state index contributed by atoms with van der Waals surface area (Å²) in [7, 11) is -3.11. The molecule has 0 aliphatic heterocycles. The predicted octanol–water partition coefficient (Wildman–Crippen LogP) is 6.44. The summed E-state index contributed by atoms with van der Waals surface area (Å²) < 4.78 is 74.7. The van der Waals surface area contributed by atoms with E-state index in [0.29, 0.717) is 28.4 Å². The molecule has 0 spiro atoms. The predicted molar refractivity (Wildman–Crippen MR) is 213 cm³/mol. The molecule has 0 fully saturated rings. The number of hydrogen-bond acceptors (Lipinski definition) is 15. The molecule has 3 aromatic carbocycles. The maximum Gasteiger partial charge on any atom is 0.416 e. The summed E-state index contributed by atoms with van der Waals surface area (Å²) in [5.74, 6) is -2.45. The van der Waals surface area contributed by atoms with E-state index in [9.17, 15) is 46.1 Å². The lowest BCUT2D eigenvalue weighted by Crippen LogP contribution is -2.35. The van der Waals surface area contributed by atoms with Crippen molar-refractivity contribution in [2.45, 2.75) is 18.0 Å². The Morgan fingerprint density at radius 2 is 1.65 bits per heavy atom. The lowest BCUT2D eigenvalue weighted by molar-refractivity contribution is -0.383. The molecule has 6 rings (SSSR count). The van der Waals surface area contributed by atoms with E-state index in [-0.39, 0.29) is 33.5 Å². The van der Waals surface area contributed by atoms with Crippen LogP contribution in [0.4, 0.5) is 35.4 Å². The standard InChI is InChI=1S/C13H13N5O6S.C11H8ClNO3.C10H5Cl2F3N4O2/c1-7-14-11(17-13(15-7)24-2)16-12(21)18-25(22,23)9-6-4-3-5-8(9)10(19)20;12-8-3-4-9(16-6-10(14)15)11-7(8)2-1-5-13-11;11-5-1-4(10(13,14)15)2-6(12)8(5)18-9(16)7(3-17-18)19(20)21/h3-6H,1-2H3,(H,19,20)(H2,14,15,16,17,18,21);1-5H,6H2,(H,14,15);1-3H,16H2. The van der Waals surface area contributed by atoms with Crippen molar-refractivity contribution in [3.63, 3.8) is 0 Å². The maximum absolute atomic E-state index is 12.6. The van der Waals surface area contributed by atoms with Gasteiger partial charge in [-0.2, -0.15) is 33.2 Å². The van der Waals surface area contributed by atoms with Crippen molar-refractivity contribution in [2.75, 3.05) is 24.8 Å². The monoisotopic (exact) mass is 944 g/mol. The molecule has 6 aromatic rings. The maximum atomic E-state index is 12.6. The number of methoxy groups -OCH3 is 1. The lowest BCUT2D eigenvalue weighted by Gasteiger charge is -2.12. The number of ether oxygens (including phenoxy) is 2. The Balaban J connectivity index is 0.000000209. The second kappa shape index (κ2) is 20.0. The largest absolute Gasteiger partial charge is 0.480 e. The van der Waals surface area contributed by atoms with Gasteiger partial charge in [-0.25, -0.2) is 32.2 Å². The van der Waals surface area contributed by atoms with Gasteiger partial charge >= 0.3 is 35.8 Å². The number of rotatable bonds is 10. The molecule has 326 valence electrons. The minimum absolute atomic E-state index is 0.0677. The number of nitrogens with one attached hydrogen (secondary N) is 2. The van der Waals surface area contributed by atoms with E-state index in [4.69, 9.17) is 60.2 Å². The van der Waals surface area contributed by atoms with Crippen LogP contribution in [-0.2, 0) is 21.0 Å². The van der Waals surface area contributed by atoms with Crippen molar-refractivity contribution in [3.8, 4) is 17.4 Å². The second-order valence-corrected chi connectivity index (χ2v) is 14.4. The number of carbonyl (C=O) groups is 3. The van der Waals surface area contributed by atoms with Gasteiger partial charge in [0, 0.05) is 11.6 Å². The van der Waals surface area contributed by atoms with E-state index in [1.807, 2.05) is 0 Å². The first-order valence-corrected chi connectivity index (χ1v) is 19.0. The van der Waals surface area contributed by atoms with Gasteiger partial charge in [-0.3, -0.25) is 20.4 Å². The lowest BCUT2D eigenvalue weighted by atomic mass is 10.2. The molecule has 21 nitrogen and oxygen atoms in total. The third-order valence-corrected chi connectivity index (χ3v) is 9.63. The third-order valence-electron chi connectivity index (χ3n) is 7.34. The van der Waals surface area contributed by atoms with Crippen LogP contribution in [-0.4, -0.2) is 85.0 Å². The van der Waals surface area contributed by atoms with Gasteiger partial charge in [0.25, 0.3) is 10.0 Å². The summed E-state index contributed by atoms with van der Waals surface area (Å²) in [5.41, 5.74) is 3.88. The van der Waals surface area contributed by atoms with E-state index < -0.39 is 73.2 Å². The molecule has 0 aliphatic rings. The molecule has 62 heavy (non-hydrogen) atoms. The molecule has 3 aromatic heterocycles. The number of carboxylic acid groups (broad SMARTS) is 2. The molecular weight excluding hydrogens is 920 g/mol. The number of aliphatic carboxylic acids is 1. The summed E-state index contributed by atoms with van der Waals surface area (Å²) in [5, 5.41) is 34.5. The Morgan fingerprint density at radius 3 is 2.23 bits per heavy atom. The first-order chi connectivity index (χ1) is 29.0. The molecule has 3 heterocycles. The number of carbonyl (C=O) groups excluding carboxylic acids is 1. The number of pyridine rings is 1. The summed E-state index contributed by atoms with van der Waals surface area (Å²) in [4.78, 5) is 58.2. The molecular formula is C34H26Cl3F3N10O11S. The summed E-state index contributed by atoms with van der Waals surface area (Å²) >= 11 is 17.5. The van der Waals surface area contributed by atoms with Gasteiger partial charge in [0.05, 0.1) is 38.2 Å². The van der Waals surface area contributed by atoms with E-state index in [1.165, 1.54) is 26.2 Å². The number of aromatic nitrogens is 6. The number of alkyl halides is 3. The average molecular weight is 946 g/mol. The van der Waals surface area contributed by atoms with Crippen LogP contribution in [0.15, 0.2) is 78.0 Å². The summed E-state index contributed by atoms with van der Waals surface area (Å²) in [6, 6.07) is 11.7. The number of fused-ring (bicyclic) bond motifs is 1. The zero-order valence-electron chi connectivity index (χ0n) is 31.1. The molecule has 0 saturated carbocycles. The fraction of sp³-hybridized carbons (Fsp3) is 0.118. The Morgan fingerprint density at radius 1 is 0.984 bits per heavy atom. The molecule has 0 radical (unpaired) electrons. The van der Waals surface area contributed by atoms with Crippen molar-refractivity contribution in [1.29, 1.82) is 0 Å². The minimum atomic E-state index is -4.63. The number of amides is 2. The number of sulfonamides is 1. The van der Waals surface area contributed by atoms with Crippen LogP contribution in [0.3, 0.4) is 0 Å². The smallest absolute Gasteiger partial charge is 0.416 e. The van der Waals surface area contributed by atoms with Crippen molar-refractivity contribution >= 4 is 91.2 Å². The number of urea groups is 1. The quantitative estimate of drug-likeness (QED) is 0.0729. The summed E-state index contributed by atoms with van der Waals surface area (Å²) in [6.45, 7) is 1.13. The Hall–Kier alpha value is -7.09. The number of carboxylic acids is 2. The minimum Gasteiger partial charge on any atom is -0.480 e. The van der Waals surface area contributed by atoms with Crippen molar-refractivity contribution < 1.29 is 60.6 Å². The third kappa shape index (κ3) is 12.0. The number of hydrogen-bond donors (Lipinski definition) is 5. The van der Waals surface area contributed by atoms with Crippen molar-refractivity contribution in [3.05, 3.63) is 115 Å². The Bertz CT molecular complexity index is 2780. The highest BCUT2D eigenvalue weighted by Gasteiger charge is 2.33. The topological polar surface area (TPSA) is 307 Å². The number of nitrogens with two attached hydrogens (primary N) is 1. The summed E-state index contributed by atoms with van der Waals surface area (Å²) in [6.07, 6.45) is -2.18. The van der Waals surface area contributed by atoms with E-state index in [2.05, 4.69) is 30.4 Å². The number of halogens is 6. The number of nitro groups is 1. The van der Waals surface area contributed by atoms with E-state index in [1.54, 1.807) is 35.2 Å². The van der Waals surface area contributed by atoms with Crippen LogP contribution < -0.4 is 25.2 Å². The molecule has 2 amide bonds. The highest BCUT2D eigenvalue weighted by molar-refractivity contribution is 7.90. The molecule has 6 N–H and O–H groups in total. The number of aromatic carboxylic acids is 1. The van der Waals surface area contributed by atoms with E-state index in [0.717, 1.165) is 28.4 Å². The highest BCUT2D eigenvalue weighted by Crippen LogP contribution is 2.39. The van der Waals surface area contributed by atoms with Crippen LogP contribution >= 0.6 is 34.8 Å². The zero-order chi connectivity index (χ0) is 46.1.